The molecule has 1 aliphatic heterocycles. The minimum atomic E-state index is -0.356. The van der Waals surface area contributed by atoms with Gasteiger partial charge in [-0.1, -0.05) is 30.3 Å². The number of hydrogen-bond donors (Lipinski definition) is 0. The molecule has 0 amide bonds. The summed E-state index contributed by atoms with van der Waals surface area (Å²) in [5, 5.41) is 0. The first-order valence-corrected chi connectivity index (χ1v) is 7.09. The molecule has 0 radical (unpaired) electrons. The molecule has 5 heteroatoms. The molecule has 0 bridgehead atoms. The number of carbonyl (C=O) groups is 1. The zero-order valence-corrected chi connectivity index (χ0v) is 12.4. The Hall–Kier alpha value is -2.17. The van der Waals surface area contributed by atoms with Crippen LogP contribution in [0.15, 0.2) is 40.3 Å². The van der Waals surface area contributed by atoms with Gasteiger partial charge in [0.2, 0.25) is 0 Å². The van der Waals surface area contributed by atoms with Crippen molar-refractivity contribution >= 4 is 17.8 Å². The van der Waals surface area contributed by atoms with Gasteiger partial charge >= 0.3 is 5.97 Å². The Bertz CT molecular complexity index is 538. The van der Waals surface area contributed by atoms with E-state index in [1.54, 1.807) is 6.92 Å². The summed E-state index contributed by atoms with van der Waals surface area (Å²) in [6, 6.07) is 9.61. The fraction of sp³-hybridized carbons (Fsp3) is 0.438. The molecule has 0 saturated carbocycles. The second-order valence-corrected chi connectivity index (χ2v) is 4.90. The molecule has 0 saturated heterocycles. The molecule has 1 heterocycles. The van der Waals surface area contributed by atoms with E-state index in [0.717, 1.165) is 12.0 Å². The van der Waals surface area contributed by atoms with E-state index in [0.29, 0.717) is 31.4 Å². The van der Waals surface area contributed by atoms with E-state index >= 15 is 0 Å². The summed E-state index contributed by atoms with van der Waals surface area (Å²) in [5.41, 5.74) is 1.12. The van der Waals surface area contributed by atoms with E-state index in [1.807, 2.05) is 37.3 Å². The number of ether oxygens (including phenoxy) is 2. The van der Waals surface area contributed by atoms with Crippen molar-refractivity contribution in [1.82, 2.24) is 0 Å². The average Bonchev–Trinajstić information content (AvgIpc) is 2.80. The lowest BCUT2D eigenvalue weighted by molar-refractivity contribution is -0.135. The number of cyclic esters (lactones) is 1. The Balaban J connectivity index is 1.66. The fourth-order valence-electron chi connectivity index (χ4n) is 2.02. The molecule has 21 heavy (non-hydrogen) atoms. The second kappa shape index (κ2) is 7.57. The first kappa shape index (κ1) is 15.2. The fourth-order valence-corrected chi connectivity index (χ4v) is 2.02. The van der Waals surface area contributed by atoms with Crippen molar-refractivity contribution in [3.63, 3.8) is 0 Å². The van der Waals surface area contributed by atoms with Gasteiger partial charge in [0.15, 0.2) is 17.8 Å². The van der Waals surface area contributed by atoms with Gasteiger partial charge in [-0.15, -0.1) is 0 Å². The first-order valence-electron chi connectivity index (χ1n) is 7.09. The van der Waals surface area contributed by atoms with E-state index in [-0.39, 0.29) is 12.0 Å². The van der Waals surface area contributed by atoms with Gasteiger partial charge in [0.05, 0.1) is 0 Å². The second-order valence-electron chi connectivity index (χ2n) is 4.90. The zero-order chi connectivity index (χ0) is 15.1. The van der Waals surface area contributed by atoms with E-state index in [4.69, 9.17) is 9.47 Å². The van der Waals surface area contributed by atoms with Gasteiger partial charge in [0, 0.05) is 20.4 Å². The number of benzene rings is 1. The number of carbonyl (C=O) groups excluding carboxylic acids is 1. The van der Waals surface area contributed by atoms with E-state index < -0.39 is 0 Å². The highest BCUT2D eigenvalue weighted by atomic mass is 16.6. The summed E-state index contributed by atoms with van der Waals surface area (Å²) in [6.07, 6.45) is 1.44. The van der Waals surface area contributed by atoms with Crippen molar-refractivity contribution in [2.75, 3.05) is 6.54 Å². The van der Waals surface area contributed by atoms with Crippen LogP contribution in [-0.4, -0.2) is 30.4 Å². The summed E-state index contributed by atoms with van der Waals surface area (Å²) >= 11 is 0. The average molecular weight is 288 g/mol. The molecule has 0 aromatic heterocycles. The quantitative estimate of drug-likeness (QED) is 0.350. The van der Waals surface area contributed by atoms with Crippen LogP contribution in [0.3, 0.4) is 0 Å². The largest absolute Gasteiger partial charge is 0.476 e. The zero-order valence-electron chi connectivity index (χ0n) is 12.4. The smallest absolute Gasteiger partial charge is 0.337 e. The van der Waals surface area contributed by atoms with E-state index in [9.17, 15) is 4.79 Å². The number of rotatable bonds is 6. The first-order chi connectivity index (χ1) is 10.1. The molecule has 0 fully saturated rings. The Morgan fingerprint density at radius 3 is 2.81 bits per heavy atom. The topological polar surface area (TPSA) is 60.2 Å². The van der Waals surface area contributed by atoms with Crippen LogP contribution in [0.25, 0.3) is 0 Å². The lowest BCUT2D eigenvalue weighted by Gasteiger charge is -2.06. The van der Waals surface area contributed by atoms with Crippen LogP contribution in [0.1, 0.15) is 32.3 Å². The standard InChI is InChI=1S/C16H20N2O3/c1-12(20-11-14-7-4-3-5-8-14)17-10-6-9-15-16(19)21-13(2)18-15/h3-5,7-8,15H,6,9-11H2,1-2H3. The number of aliphatic imine (C=N–C) groups is 2. The molecule has 0 spiro atoms. The highest BCUT2D eigenvalue weighted by molar-refractivity contribution is 5.95. The third-order valence-electron chi connectivity index (χ3n) is 3.12. The van der Waals surface area contributed by atoms with Gasteiger partial charge in [-0.25, -0.2) is 9.79 Å². The Morgan fingerprint density at radius 1 is 1.38 bits per heavy atom. The van der Waals surface area contributed by atoms with Crippen LogP contribution in [0, 0.1) is 0 Å². The van der Waals surface area contributed by atoms with Crippen molar-refractivity contribution in [2.45, 2.75) is 39.3 Å². The summed E-state index contributed by atoms with van der Waals surface area (Å²) < 4.78 is 10.5. The third-order valence-corrected chi connectivity index (χ3v) is 3.12. The van der Waals surface area contributed by atoms with Crippen LogP contribution < -0.4 is 0 Å². The van der Waals surface area contributed by atoms with Gasteiger partial charge < -0.3 is 9.47 Å². The molecular formula is C16H20N2O3. The summed E-state index contributed by atoms with van der Waals surface area (Å²) in [7, 11) is 0. The third kappa shape index (κ3) is 5.02. The van der Waals surface area contributed by atoms with E-state index in [2.05, 4.69) is 9.98 Å². The highest BCUT2D eigenvalue weighted by Crippen LogP contribution is 2.12. The lowest BCUT2D eigenvalue weighted by atomic mass is 10.2. The number of hydrogen-bond acceptors (Lipinski definition) is 5. The van der Waals surface area contributed by atoms with Crippen LogP contribution in [0.5, 0.6) is 0 Å². The molecule has 2 rings (SSSR count). The molecule has 112 valence electrons. The van der Waals surface area contributed by atoms with Crippen LogP contribution in [-0.2, 0) is 20.9 Å². The molecule has 1 aromatic carbocycles. The molecule has 5 nitrogen and oxygen atoms in total. The van der Waals surface area contributed by atoms with Crippen molar-refractivity contribution < 1.29 is 14.3 Å². The van der Waals surface area contributed by atoms with Crippen molar-refractivity contribution in [2.24, 2.45) is 9.98 Å². The van der Waals surface area contributed by atoms with E-state index in [1.165, 1.54) is 0 Å². The normalized spacial score (nSPS) is 18.4. The monoisotopic (exact) mass is 288 g/mol. The van der Waals surface area contributed by atoms with Gasteiger partial charge in [-0.3, -0.25) is 4.99 Å². The Kier molecular flexibility index (Phi) is 5.49. The summed E-state index contributed by atoms with van der Waals surface area (Å²) in [6.45, 7) is 4.68. The molecule has 1 unspecified atom stereocenters. The number of nitrogens with zero attached hydrogens (tertiary/aromatic N) is 2. The van der Waals surface area contributed by atoms with Crippen LogP contribution >= 0.6 is 0 Å². The van der Waals surface area contributed by atoms with Crippen LogP contribution in [0.4, 0.5) is 0 Å². The van der Waals surface area contributed by atoms with Crippen molar-refractivity contribution in [1.29, 1.82) is 0 Å². The Labute approximate surface area is 124 Å². The minimum absolute atomic E-state index is 0.256. The molecule has 0 N–H and O–H groups in total. The van der Waals surface area contributed by atoms with Gasteiger partial charge in [-0.2, -0.15) is 0 Å². The minimum Gasteiger partial charge on any atom is -0.476 e. The molecule has 1 aliphatic rings. The summed E-state index contributed by atoms with van der Waals surface area (Å²) in [4.78, 5) is 19.8. The predicted molar refractivity (Wildman–Crippen MR) is 81.4 cm³/mol. The summed E-state index contributed by atoms with van der Waals surface area (Å²) in [5.74, 6) is 0.858. The maximum absolute atomic E-state index is 11.4. The SMILES string of the molecule is CC(=NCCCC1N=C(C)OC1=O)OCc1ccccc1. The number of esters is 1. The molecule has 1 atom stereocenters. The van der Waals surface area contributed by atoms with Crippen molar-refractivity contribution in [3.05, 3.63) is 35.9 Å². The maximum Gasteiger partial charge on any atom is 0.337 e. The molecular weight excluding hydrogens is 268 g/mol. The molecule has 1 aromatic rings. The highest BCUT2D eigenvalue weighted by Gasteiger charge is 2.25. The van der Waals surface area contributed by atoms with Crippen LogP contribution in [0.2, 0.25) is 0 Å². The Morgan fingerprint density at radius 2 is 2.14 bits per heavy atom. The predicted octanol–water partition coefficient (Wildman–Crippen LogP) is 2.75. The maximum atomic E-state index is 11.4. The lowest BCUT2D eigenvalue weighted by Crippen LogP contribution is -2.15. The van der Waals surface area contributed by atoms with Gasteiger partial charge in [-0.05, 0) is 18.4 Å². The van der Waals surface area contributed by atoms with Gasteiger partial charge in [0.25, 0.3) is 0 Å². The van der Waals surface area contributed by atoms with Crippen molar-refractivity contribution in [3.8, 4) is 0 Å². The van der Waals surface area contributed by atoms with Gasteiger partial charge in [0.1, 0.15) is 6.61 Å². The molecule has 0 aliphatic carbocycles.